The number of halogens is 1. The predicted octanol–water partition coefficient (Wildman–Crippen LogP) is 2.86. The van der Waals surface area contributed by atoms with Gasteiger partial charge in [0.15, 0.2) is 15.6 Å². The van der Waals surface area contributed by atoms with Crippen LogP contribution in [-0.2, 0) is 9.84 Å². The van der Waals surface area contributed by atoms with E-state index in [9.17, 15) is 18.0 Å². The average Bonchev–Trinajstić information content (AvgIpc) is 2.67. The first kappa shape index (κ1) is 20.8. The van der Waals surface area contributed by atoms with E-state index in [-0.39, 0.29) is 16.6 Å². The van der Waals surface area contributed by atoms with E-state index in [0.717, 1.165) is 15.5 Å². The molecule has 1 aliphatic heterocycles. The fourth-order valence-corrected chi connectivity index (χ4v) is 4.36. The molecule has 0 bridgehead atoms. The van der Waals surface area contributed by atoms with Crippen LogP contribution >= 0.6 is 22.6 Å². The highest BCUT2D eigenvalue weighted by atomic mass is 127. The lowest BCUT2D eigenvalue weighted by Gasteiger charge is -2.36. The Morgan fingerprint density at radius 2 is 1.57 bits per heavy atom. The molecule has 2 aromatic carbocycles. The number of amides is 1. The standard InChI is InChI=1S/C20H21IN2O4S/c1-14(24)15-3-5-16(6-4-15)22-9-11-23(12-10-22)20(25)18-13-17(28(2,26)27)7-8-19(18)21/h3-8,13H,9-12H2,1-2H3. The SMILES string of the molecule is CC(=O)c1ccc(N2CCN(C(=O)c3cc(S(C)(=O)=O)ccc3I)CC2)cc1. The summed E-state index contributed by atoms with van der Waals surface area (Å²) in [5.41, 5.74) is 2.12. The van der Waals surface area contributed by atoms with Crippen molar-refractivity contribution in [3.8, 4) is 0 Å². The quantitative estimate of drug-likeness (QED) is 0.466. The molecule has 8 heteroatoms. The number of Topliss-reactive ketones (excluding diaryl/α,β-unsaturated/α-hetero) is 1. The molecule has 148 valence electrons. The third kappa shape index (κ3) is 4.54. The van der Waals surface area contributed by atoms with Gasteiger partial charge < -0.3 is 9.80 Å². The molecule has 1 amide bonds. The monoisotopic (exact) mass is 512 g/mol. The molecule has 0 radical (unpaired) electrons. The first-order valence-corrected chi connectivity index (χ1v) is 11.8. The van der Waals surface area contributed by atoms with Crippen LogP contribution in [0.5, 0.6) is 0 Å². The molecule has 0 aliphatic carbocycles. The summed E-state index contributed by atoms with van der Waals surface area (Å²) in [7, 11) is -3.37. The van der Waals surface area contributed by atoms with Crippen LogP contribution in [0, 0.1) is 3.57 Å². The molecule has 1 heterocycles. The van der Waals surface area contributed by atoms with Gasteiger partial charge in [0.25, 0.3) is 5.91 Å². The zero-order chi connectivity index (χ0) is 20.5. The molecule has 6 nitrogen and oxygen atoms in total. The van der Waals surface area contributed by atoms with Gasteiger partial charge in [-0.2, -0.15) is 0 Å². The third-order valence-corrected chi connectivity index (χ3v) is 6.85. The maximum atomic E-state index is 12.9. The summed E-state index contributed by atoms with van der Waals surface area (Å²) in [4.78, 5) is 28.4. The van der Waals surface area contributed by atoms with E-state index in [0.29, 0.717) is 37.3 Å². The molecule has 0 aromatic heterocycles. The van der Waals surface area contributed by atoms with Crippen molar-refractivity contribution in [2.24, 2.45) is 0 Å². The lowest BCUT2D eigenvalue weighted by molar-refractivity contribution is 0.0745. The highest BCUT2D eigenvalue weighted by Gasteiger charge is 2.25. The van der Waals surface area contributed by atoms with Crippen molar-refractivity contribution >= 4 is 49.8 Å². The Hall–Kier alpha value is -1.94. The molecule has 1 fully saturated rings. The number of rotatable bonds is 4. The Labute approximate surface area is 178 Å². The van der Waals surface area contributed by atoms with E-state index in [1.54, 1.807) is 17.9 Å². The van der Waals surface area contributed by atoms with Gasteiger partial charge in [-0.15, -0.1) is 0 Å². The smallest absolute Gasteiger partial charge is 0.255 e. The summed E-state index contributed by atoms with van der Waals surface area (Å²) in [6.45, 7) is 3.99. The second-order valence-electron chi connectivity index (χ2n) is 6.80. The van der Waals surface area contributed by atoms with Crippen molar-refractivity contribution in [3.63, 3.8) is 0 Å². The van der Waals surface area contributed by atoms with Gasteiger partial charge in [0.1, 0.15) is 0 Å². The number of nitrogens with zero attached hydrogens (tertiary/aromatic N) is 2. The zero-order valence-corrected chi connectivity index (χ0v) is 18.7. The molecule has 0 saturated carbocycles. The molecule has 0 atom stereocenters. The van der Waals surface area contributed by atoms with Crippen LogP contribution in [0.4, 0.5) is 5.69 Å². The number of piperazine rings is 1. The molecular weight excluding hydrogens is 491 g/mol. The van der Waals surface area contributed by atoms with Crippen LogP contribution in [0.3, 0.4) is 0 Å². The Morgan fingerprint density at radius 1 is 0.964 bits per heavy atom. The van der Waals surface area contributed by atoms with Crippen molar-refractivity contribution in [3.05, 3.63) is 57.2 Å². The van der Waals surface area contributed by atoms with Gasteiger partial charge in [0, 0.05) is 47.3 Å². The van der Waals surface area contributed by atoms with E-state index in [4.69, 9.17) is 0 Å². The number of anilines is 1. The minimum absolute atomic E-state index is 0.0351. The first-order chi connectivity index (χ1) is 13.2. The highest BCUT2D eigenvalue weighted by Crippen LogP contribution is 2.22. The van der Waals surface area contributed by atoms with Crippen LogP contribution in [-0.4, -0.2) is 57.4 Å². The normalized spacial score (nSPS) is 14.8. The van der Waals surface area contributed by atoms with Crippen molar-refractivity contribution in [2.45, 2.75) is 11.8 Å². The van der Waals surface area contributed by atoms with E-state index in [1.165, 1.54) is 12.1 Å². The van der Waals surface area contributed by atoms with Crippen LogP contribution in [0.25, 0.3) is 0 Å². The van der Waals surface area contributed by atoms with E-state index in [1.807, 2.05) is 24.3 Å². The van der Waals surface area contributed by atoms with Gasteiger partial charge in [-0.3, -0.25) is 9.59 Å². The zero-order valence-electron chi connectivity index (χ0n) is 15.7. The number of sulfone groups is 1. The molecule has 2 aromatic rings. The second-order valence-corrected chi connectivity index (χ2v) is 9.97. The number of benzene rings is 2. The van der Waals surface area contributed by atoms with Gasteiger partial charge in [-0.1, -0.05) is 0 Å². The molecule has 1 aliphatic rings. The van der Waals surface area contributed by atoms with Gasteiger partial charge in [-0.05, 0) is 72.0 Å². The lowest BCUT2D eigenvalue weighted by atomic mass is 10.1. The Bertz CT molecular complexity index is 1010. The van der Waals surface area contributed by atoms with Crippen LogP contribution in [0.15, 0.2) is 47.4 Å². The van der Waals surface area contributed by atoms with E-state index < -0.39 is 9.84 Å². The molecular formula is C20H21IN2O4S. The van der Waals surface area contributed by atoms with Crippen molar-refractivity contribution in [2.75, 3.05) is 37.3 Å². The Kier molecular flexibility index (Phi) is 6.09. The summed E-state index contributed by atoms with van der Waals surface area (Å²) in [5, 5.41) is 0. The van der Waals surface area contributed by atoms with Gasteiger partial charge >= 0.3 is 0 Å². The highest BCUT2D eigenvalue weighted by molar-refractivity contribution is 14.1. The molecule has 3 rings (SSSR count). The summed E-state index contributed by atoms with van der Waals surface area (Å²) in [5.74, 6) is -0.116. The summed E-state index contributed by atoms with van der Waals surface area (Å²) >= 11 is 2.06. The molecule has 0 unspecified atom stereocenters. The molecule has 28 heavy (non-hydrogen) atoms. The van der Waals surface area contributed by atoms with Gasteiger partial charge in [0.2, 0.25) is 0 Å². The number of hydrogen-bond donors (Lipinski definition) is 0. The third-order valence-electron chi connectivity index (χ3n) is 4.80. The Morgan fingerprint density at radius 3 is 2.11 bits per heavy atom. The second kappa shape index (κ2) is 8.20. The number of ketones is 1. The fraction of sp³-hybridized carbons (Fsp3) is 0.300. The molecule has 0 N–H and O–H groups in total. The largest absolute Gasteiger partial charge is 0.368 e. The maximum absolute atomic E-state index is 12.9. The fourth-order valence-electron chi connectivity index (χ4n) is 3.14. The summed E-state index contributed by atoms with van der Waals surface area (Å²) < 4.78 is 24.3. The van der Waals surface area contributed by atoms with Crippen molar-refractivity contribution in [1.29, 1.82) is 0 Å². The number of carbonyl (C=O) groups is 2. The predicted molar refractivity (Wildman–Crippen MR) is 117 cm³/mol. The average molecular weight is 512 g/mol. The lowest BCUT2D eigenvalue weighted by Crippen LogP contribution is -2.49. The summed E-state index contributed by atoms with van der Waals surface area (Å²) in [6.07, 6.45) is 1.14. The molecule has 1 saturated heterocycles. The van der Waals surface area contributed by atoms with E-state index >= 15 is 0 Å². The molecule has 0 spiro atoms. The number of hydrogen-bond acceptors (Lipinski definition) is 5. The van der Waals surface area contributed by atoms with E-state index in [2.05, 4.69) is 27.5 Å². The Balaban J connectivity index is 1.71. The van der Waals surface area contributed by atoms with Crippen LogP contribution < -0.4 is 4.90 Å². The van der Waals surface area contributed by atoms with Crippen molar-refractivity contribution < 1.29 is 18.0 Å². The minimum atomic E-state index is -3.37. The van der Waals surface area contributed by atoms with Gasteiger partial charge in [0.05, 0.1) is 10.5 Å². The first-order valence-electron chi connectivity index (χ1n) is 8.81. The van der Waals surface area contributed by atoms with Crippen molar-refractivity contribution in [1.82, 2.24) is 4.90 Å². The topological polar surface area (TPSA) is 74.8 Å². The maximum Gasteiger partial charge on any atom is 0.255 e. The summed E-state index contributed by atoms with van der Waals surface area (Å²) in [6, 6.07) is 12.1. The number of carbonyl (C=O) groups excluding carboxylic acids is 2. The van der Waals surface area contributed by atoms with Gasteiger partial charge in [-0.25, -0.2) is 8.42 Å². The van der Waals surface area contributed by atoms with Crippen LogP contribution in [0.2, 0.25) is 0 Å². The van der Waals surface area contributed by atoms with Crippen LogP contribution in [0.1, 0.15) is 27.6 Å². The minimum Gasteiger partial charge on any atom is -0.368 e.